The molecule has 0 unspecified atom stereocenters. The summed E-state index contributed by atoms with van der Waals surface area (Å²) in [5.74, 6) is -1.52. The molecule has 0 bridgehead atoms. The van der Waals surface area contributed by atoms with Crippen LogP contribution in [0.2, 0.25) is 0 Å². The smallest absolute Gasteiger partial charge is 0.318 e. The van der Waals surface area contributed by atoms with Crippen LogP contribution in [0.3, 0.4) is 0 Å². The molecule has 5 rings (SSSR count). The summed E-state index contributed by atoms with van der Waals surface area (Å²) in [5.41, 5.74) is 0.378. The number of carbonyl (C=O) groups is 3. The number of para-hydroxylation sites is 3. The normalized spacial score (nSPS) is 15.7. The predicted molar refractivity (Wildman–Crippen MR) is 164 cm³/mol. The fraction of sp³-hybridized carbons (Fsp3) is 0.207. The van der Waals surface area contributed by atoms with Gasteiger partial charge in [0.05, 0.1) is 52.5 Å². The molecule has 2 saturated heterocycles. The summed E-state index contributed by atoms with van der Waals surface area (Å²) in [7, 11) is 1.33. The Morgan fingerprint density at radius 2 is 1.78 bits per heavy atom. The number of benzene rings is 3. The second kappa shape index (κ2) is 13.4. The van der Waals surface area contributed by atoms with Gasteiger partial charge in [-0.3, -0.25) is 39.5 Å². The number of nitrogens with zero attached hydrogens (tertiary/aromatic N) is 4. The summed E-state index contributed by atoms with van der Waals surface area (Å²) >= 11 is 0.609. The topological polar surface area (TPSA) is 184 Å². The monoisotopic (exact) mass is 635 g/mol. The molecule has 45 heavy (non-hydrogen) atoms. The number of nitrogens with one attached hydrogen (secondary N) is 1. The van der Waals surface area contributed by atoms with Gasteiger partial charge in [-0.05, 0) is 42.1 Å². The van der Waals surface area contributed by atoms with Gasteiger partial charge in [-0.15, -0.1) is 0 Å². The number of rotatable bonds is 10. The van der Waals surface area contributed by atoms with Gasteiger partial charge in [0.25, 0.3) is 16.8 Å². The minimum Gasteiger partial charge on any atom is -0.493 e. The van der Waals surface area contributed by atoms with E-state index in [1.54, 1.807) is 18.2 Å². The van der Waals surface area contributed by atoms with Crippen LogP contribution in [0.25, 0.3) is 6.08 Å². The van der Waals surface area contributed by atoms with Gasteiger partial charge >= 0.3 is 5.69 Å². The fourth-order valence-electron chi connectivity index (χ4n) is 4.64. The van der Waals surface area contributed by atoms with Crippen LogP contribution in [0.4, 0.5) is 27.5 Å². The van der Waals surface area contributed by atoms with Crippen LogP contribution in [0, 0.1) is 20.2 Å². The van der Waals surface area contributed by atoms with Crippen molar-refractivity contribution in [1.82, 2.24) is 4.90 Å². The number of nitro benzene ring substituents is 2. The first-order valence-corrected chi connectivity index (χ1v) is 14.2. The highest BCUT2D eigenvalue weighted by atomic mass is 32.2. The molecule has 0 saturated carbocycles. The third-order valence-electron chi connectivity index (χ3n) is 6.78. The Morgan fingerprint density at radius 3 is 2.49 bits per heavy atom. The molecule has 0 spiro atoms. The predicted octanol–water partition coefficient (Wildman–Crippen LogP) is 4.82. The molecule has 2 aliphatic rings. The Bertz CT molecular complexity index is 1720. The molecule has 2 heterocycles. The third-order valence-corrected chi connectivity index (χ3v) is 7.69. The quantitative estimate of drug-likeness (QED) is 0.182. The summed E-state index contributed by atoms with van der Waals surface area (Å²) in [6.45, 7) is 1.87. The molecule has 1 N–H and O–H groups in total. The van der Waals surface area contributed by atoms with Crippen molar-refractivity contribution in [2.75, 3.05) is 50.2 Å². The van der Waals surface area contributed by atoms with Crippen LogP contribution in [0.1, 0.15) is 5.56 Å². The SMILES string of the molecule is COc1cccc(/C=C2/SC(=O)N(CC(=O)Nc3ccccc3N3CCOCC3)C2=O)c1Oc1ccc([N+](=O)[O-])cc1[N+](=O)[O-]. The highest BCUT2D eigenvalue weighted by Gasteiger charge is 2.37. The number of hydrogen-bond donors (Lipinski definition) is 1. The molecule has 3 aromatic rings. The lowest BCUT2D eigenvalue weighted by Gasteiger charge is -2.30. The maximum absolute atomic E-state index is 13.3. The molecular formula is C29H25N5O10S. The molecule has 0 atom stereocenters. The van der Waals surface area contributed by atoms with E-state index in [-0.39, 0.29) is 27.7 Å². The van der Waals surface area contributed by atoms with Crippen molar-refractivity contribution in [3.8, 4) is 17.2 Å². The standard InChI is InChI=1S/C29H25N5O10S/c1-42-24-8-4-5-18(27(24)44-23-10-9-19(33(38)39)16-22(23)34(40)41)15-25-28(36)32(29(37)45-25)17-26(35)30-20-6-2-3-7-21(20)31-11-13-43-14-12-31/h2-10,15-16H,11-14,17H2,1H3,(H,30,35)/b25-15+. The van der Waals surface area contributed by atoms with Crippen molar-refractivity contribution in [3.05, 3.63) is 91.4 Å². The molecule has 0 radical (unpaired) electrons. The van der Waals surface area contributed by atoms with E-state index < -0.39 is 44.8 Å². The molecule has 0 aliphatic carbocycles. The summed E-state index contributed by atoms with van der Waals surface area (Å²) < 4.78 is 16.6. The minimum atomic E-state index is -0.826. The van der Waals surface area contributed by atoms with E-state index in [9.17, 15) is 34.6 Å². The van der Waals surface area contributed by atoms with E-state index >= 15 is 0 Å². The summed E-state index contributed by atoms with van der Waals surface area (Å²) in [4.78, 5) is 63.1. The number of imide groups is 1. The Kier molecular flexibility index (Phi) is 9.25. The second-order valence-electron chi connectivity index (χ2n) is 9.58. The number of methoxy groups -OCH3 is 1. The maximum Gasteiger partial charge on any atom is 0.318 e. The highest BCUT2D eigenvalue weighted by molar-refractivity contribution is 8.18. The zero-order valence-electron chi connectivity index (χ0n) is 23.7. The number of non-ortho nitro benzene ring substituents is 1. The molecule has 2 aliphatic heterocycles. The van der Waals surface area contributed by atoms with Gasteiger partial charge in [0, 0.05) is 24.7 Å². The van der Waals surface area contributed by atoms with Gasteiger partial charge in [0.15, 0.2) is 11.5 Å². The average molecular weight is 636 g/mol. The lowest BCUT2D eigenvalue weighted by atomic mass is 10.1. The van der Waals surface area contributed by atoms with E-state index in [1.807, 2.05) is 12.1 Å². The van der Waals surface area contributed by atoms with Crippen molar-refractivity contribution in [2.45, 2.75) is 0 Å². The molecule has 16 heteroatoms. The van der Waals surface area contributed by atoms with Gasteiger partial charge in [-0.25, -0.2) is 0 Å². The number of hydrogen-bond acceptors (Lipinski definition) is 12. The molecular weight excluding hydrogens is 610 g/mol. The first-order chi connectivity index (χ1) is 21.7. The van der Waals surface area contributed by atoms with Crippen molar-refractivity contribution < 1.29 is 38.4 Å². The summed E-state index contributed by atoms with van der Waals surface area (Å²) in [6.07, 6.45) is 1.34. The van der Waals surface area contributed by atoms with Crippen molar-refractivity contribution in [2.24, 2.45) is 0 Å². The Hall–Kier alpha value is -5.48. The van der Waals surface area contributed by atoms with Crippen LogP contribution in [0.15, 0.2) is 65.6 Å². The van der Waals surface area contributed by atoms with Crippen LogP contribution in [-0.4, -0.2) is 71.8 Å². The summed E-state index contributed by atoms with van der Waals surface area (Å²) in [6, 6.07) is 14.7. The number of carbonyl (C=O) groups excluding carboxylic acids is 3. The minimum absolute atomic E-state index is 0.0298. The summed E-state index contributed by atoms with van der Waals surface area (Å²) in [5, 5.41) is 24.9. The highest BCUT2D eigenvalue weighted by Crippen LogP contribution is 2.42. The van der Waals surface area contributed by atoms with Crippen molar-refractivity contribution in [3.63, 3.8) is 0 Å². The number of thioether (sulfide) groups is 1. The van der Waals surface area contributed by atoms with Crippen molar-refractivity contribution in [1.29, 1.82) is 0 Å². The zero-order chi connectivity index (χ0) is 32.1. The third kappa shape index (κ3) is 6.86. The Labute approximate surface area is 259 Å². The van der Waals surface area contributed by atoms with Crippen LogP contribution in [-0.2, 0) is 14.3 Å². The van der Waals surface area contributed by atoms with Gasteiger partial charge in [-0.2, -0.15) is 0 Å². The van der Waals surface area contributed by atoms with Gasteiger partial charge < -0.3 is 24.4 Å². The average Bonchev–Trinajstić information content (AvgIpc) is 3.29. The first-order valence-electron chi connectivity index (χ1n) is 13.4. The Balaban J connectivity index is 1.37. The van der Waals surface area contributed by atoms with Gasteiger partial charge in [0.2, 0.25) is 11.7 Å². The van der Waals surface area contributed by atoms with Crippen LogP contribution in [0.5, 0.6) is 17.2 Å². The van der Waals surface area contributed by atoms with Crippen LogP contribution < -0.4 is 19.7 Å². The molecule has 0 aromatic heterocycles. The number of anilines is 2. The molecule has 2 fully saturated rings. The number of morpholine rings is 1. The zero-order valence-corrected chi connectivity index (χ0v) is 24.5. The van der Waals surface area contributed by atoms with Gasteiger partial charge in [-0.1, -0.05) is 24.3 Å². The molecule has 232 valence electrons. The number of nitro groups is 2. The van der Waals surface area contributed by atoms with Gasteiger partial charge in [0.1, 0.15) is 6.54 Å². The van der Waals surface area contributed by atoms with E-state index in [2.05, 4.69) is 10.2 Å². The molecule has 15 nitrogen and oxygen atoms in total. The lowest BCUT2D eigenvalue weighted by molar-refractivity contribution is -0.394. The largest absolute Gasteiger partial charge is 0.493 e. The maximum atomic E-state index is 13.3. The van der Waals surface area contributed by atoms with E-state index in [0.29, 0.717) is 43.8 Å². The molecule has 3 aromatic carbocycles. The number of amides is 3. The van der Waals surface area contributed by atoms with Crippen molar-refractivity contribution >= 4 is 57.6 Å². The second-order valence-corrected chi connectivity index (χ2v) is 10.6. The molecule has 3 amide bonds. The van der Waals surface area contributed by atoms with E-state index in [0.717, 1.165) is 28.8 Å². The van der Waals surface area contributed by atoms with E-state index in [4.69, 9.17) is 14.2 Å². The number of ether oxygens (including phenoxy) is 3. The fourth-order valence-corrected chi connectivity index (χ4v) is 5.47. The van der Waals surface area contributed by atoms with Crippen LogP contribution >= 0.6 is 11.8 Å². The lowest BCUT2D eigenvalue weighted by Crippen LogP contribution is -2.38. The van der Waals surface area contributed by atoms with E-state index in [1.165, 1.54) is 25.3 Å². The Morgan fingerprint density at radius 1 is 1.02 bits per heavy atom. The first kappa shape index (κ1) is 31.0.